The highest BCUT2D eigenvalue weighted by Gasteiger charge is 2.34. The van der Waals surface area contributed by atoms with Crippen molar-refractivity contribution in [2.24, 2.45) is 0 Å². The second kappa shape index (κ2) is 8.62. The molecule has 0 spiro atoms. The molecule has 0 radical (unpaired) electrons. The number of hydrogen-bond donors (Lipinski definition) is 2. The molecule has 3 aromatic rings. The fourth-order valence-electron chi connectivity index (χ4n) is 3.19. The largest absolute Gasteiger partial charge is 0.378 e. The summed E-state index contributed by atoms with van der Waals surface area (Å²) in [5, 5.41) is 25.2. The number of amides is 1. The second-order valence-corrected chi connectivity index (χ2v) is 7.86. The van der Waals surface area contributed by atoms with Gasteiger partial charge in [-0.3, -0.25) is 14.9 Å². The van der Waals surface area contributed by atoms with E-state index in [0.717, 1.165) is 28.7 Å². The molecule has 1 aliphatic rings. The number of nitrogens with one attached hydrogen (secondary N) is 2. The maximum atomic E-state index is 12.7. The molecule has 2 aromatic carbocycles. The van der Waals surface area contributed by atoms with E-state index in [1.165, 1.54) is 6.07 Å². The number of nitro groups is 1. The molecule has 1 fully saturated rings. The van der Waals surface area contributed by atoms with Gasteiger partial charge >= 0.3 is 0 Å². The quantitative estimate of drug-likeness (QED) is 0.295. The summed E-state index contributed by atoms with van der Waals surface area (Å²) >= 11 is 3.42. The number of aromatic nitrogens is 3. The topological polar surface area (TPSA) is 115 Å². The van der Waals surface area contributed by atoms with Gasteiger partial charge in [0.05, 0.1) is 16.3 Å². The maximum Gasteiger partial charge on any atom is 0.292 e. The molecule has 154 valence electrons. The minimum absolute atomic E-state index is 0.00251. The number of benzene rings is 2. The molecule has 1 amide bonds. The van der Waals surface area contributed by atoms with Crippen molar-refractivity contribution in [3.05, 3.63) is 74.5 Å². The van der Waals surface area contributed by atoms with Crippen molar-refractivity contribution < 1.29 is 9.72 Å². The lowest BCUT2D eigenvalue weighted by atomic mass is 10.2. The summed E-state index contributed by atoms with van der Waals surface area (Å²) in [7, 11) is 0. The molecule has 1 heterocycles. The van der Waals surface area contributed by atoms with Gasteiger partial charge in [-0.15, -0.1) is 5.10 Å². The van der Waals surface area contributed by atoms with Crippen molar-refractivity contribution in [1.29, 1.82) is 0 Å². The van der Waals surface area contributed by atoms with Crippen molar-refractivity contribution in [2.75, 3.05) is 18.4 Å². The van der Waals surface area contributed by atoms with Crippen LogP contribution in [0, 0.1) is 10.1 Å². The Labute approximate surface area is 180 Å². The van der Waals surface area contributed by atoms with Crippen molar-refractivity contribution in [1.82, 2.24) is 20.3 Å². The van der Waals surface area contributed by atoms with Crippen LogP contribution in [-0.2, 0) is 0 Å². The van der Waals surface area contributed by atoms with Gasteiger partial charge in [-0.2, -0.15) is 0 Å². The van der Waals surface area contributed by atoms with Crippen molar-refractivity contribution in [3.8, 4) is 5.69 Å². The predicted octanol–water partition coefficient (Wildman–Crippen LogP) is 3.66. The highest BCUT2D eigenvalue weighted by Crippen LogP contribution is 2.42. The molecule has 4 rings (SSSR count). The van der Waals surface area contributed by atoms with Gasteiger partial charge in [0.15, 0.2) is 5.69 Å². The average Bonchev–Trinajstić information content (AvgIpc) is 3.49. The molecule has 1 aromatic heterocycles. The number of carbonyl (C=O) groups is 1. The third kappa shape index (κ3) is 4.33. The van der Waals surface area contributed by atoms with E-state index in [0.29, 0.717) is 24.5 Å². The Balaban J connectivity index is 1.42. The van der Waals surface area contributed by atoms with Crippen LogP contribution in [0.4, 0.5) is 11.4 Å². The number of nitro benzene ring substituents is 1. The van der Waals surface area contributed by atoms with Crippen molar-refractivity contribution >= 4 is 33.2 Å². The predicted molar refractivity (Wildman–Crippen MR) is 115 cm³/mol. The summed E-state index contributed by atoms with van der Waals surface area (Å²) in [6.45, 7) is 0.635. The Bertz CT molecular complexity index is 1080. The molecule has 30 heavy (non-hydrogen) atoms. The zero-order valence-electron chi connectivity index (χ0n) is 15.9. The summed E-state index contributed by atoms with van der Waals surface area (Å²) in [6.07, 6.45) is 2.01. The zero-order valence-corrected chi connectivity index (χ0v) is 17.5. The Morgan fingerprint density at radius 3 is 2.60 bits per heavy atom. The number of anilines is 1. The number of hydrogen-bond acceptors (Lipinski definition) is 6. The normalized spacial score (nSPS) is 13.1. The lowest BCUT2D eigenvalue weighted by molar-refractivity contribution is -0.384. The Kier molecular flexibility index (Phi) is 5.75. The van der Waals surface area contributed by atoms with Crippen LogP contribution in [0.15, 0.2) is 53.0 Å². The first-order valence-electron chi connectivity index (χ1n) is 9.51. The summed E-state index contributed by atoms with van der Waals surface area (Å²) in [5.74, 6) is -0.0286. The molecule has 2 N–H and O–H groups in total. The fraction of sp³-hybridized carbons (Fsp3) is 0.250. The van der Waals surface area contributed by atoms with Crippen LogP contribution in [-0.4, -0.2) is 38.9 Å². The highest BCUT2D eigenvalue weighted by molar-refractivity contribution is 9.10. The van der Waals surface area contributed by atoms with Crippen molar-refractivity contribution in [3.63, 3.8) is 0 Å². The molecule has 0 saturated heterocycles. The van der Waals surface area contributed by atoms with E-state index in [9.17, 15) is 14.9 Å². The smallest absolute Gasteiger partial charge is 0.292 e. The van der Waals surface area contributed by atoms with Crippen LogP contribution in [0.25, 0.3) is 5.69 Å². The Morgan fingerprint density at radius 1 is 1.17 bits per heavy atom. The lowest BCUT2D eigenvalue weighted by Crippen LogP contribution is -2.30. The number of para-hydroxylation sites is 2. The van der Waals surface area contributed by atoms with Crippen LogP contribution in [0.3, 0.4) is 0 Å². The number of carbonyl (C=O) groups excluding carboxylic acids is 1. The Hall–Kier alpha value is -3.27. The molecule has 1 aliphatic carbocycles. The van der Waals surface area contributed by atoms with Gasteiger partial charge in [0, 0.05) is 29.5 Å². The van der Waals surface area contributed by atoms with E-state index in [4.69, 9.17) is 0 Å². The molecule has 0 unspecified atom stereocenters. The minimum Gasteiger partial charge on any atom is -0.378 e. The standard InChI is InChI=1S/C20H19BrN6O3/c21-14-7-9-15(10-8-14)26-19(13-5-6-13)18(24-25-26)20(28)23-12-11-22-16-3-1-2-4-17(16)27(29)30/h1-4,7-10,13,22H,5-6,11-12H2,(H,23,28). The van der Waals surface area contributed by atoms with E-state index >= 15 is 0 Å². The second-order valence-electron chi connectivity index (χ2n) is 6.94. The number of nitrogens with zero attached hydrogens (tertiary/aromatic N) is 4. The zero-order chi connectivity index (χ0) is 21.1. The maximum absolute atomic E-state index is 12.7. The van der Waals surface area contributed by atoms with Gasteiger partial charge < -0.3 is 10.6 Å². The third-order valence-corrected chi connectivity index (χ3v) is 5.31. The molecular formula is C20H19BrN6O3. The number of rotatable bonds is 8. The monoisotopic (exact) mass is 470 g/mol. The molecule has 0 bridgehead atoms. The van der Waals surface area contributed by atoms with E-state index in [1.807, 2.05) is 24.3 Å². The first-order valence-corrected chi connectivity index (χ1v) is 10.3. The van der Waals surface area contributed by atoms with Gasteiger partial charge in [0.25, 0.3) is 11.6 Å². The SMILES string of the molecule is O=C(NCCNc1ccccc1[N+](=O)[O-])c1nnn(-c2ccc(Br)cc2)c1C1CC1. The minimum atomic E-state index is -0.441. The number of halogens is 1. The fourth-order valence-corrected chi connectivity index (χ4v) is 3.45. The summed E-state index contributed by atoms with van der Waals surface area (Å²) in [5.41, 5.74) is 2.41. The molecular weight excluding hydrogens is 452 g/mol. The average molecular weight is 471 g/mol. The van der Waals surface area contributed by atoms with E-state index in [-0.39, 0.29) is 17.5 Å². The lowest BCUT2D eigenvalue weighted by Gasteiger charge is -2.09. The first-order chi connectivity index (χ1) is 14.5. The first kappa shape index (κ1) is 20.0. The van der Waals surface area contributed by atoms with Gasteiger partial charge in [-0.25, -0.2) is 4.68 Å². The van der Waals surface area contributed by atoms with Gasteiger partial charge in [-0.1, -0.05) is 33.3 Å². The van der Waals surface area contributed by atoms with Crippen LogP contribution in [0.2, 0.25) is 0 Å². The van der Waals surface area contributed by atoms with Crippen LogP contribution in [0.1, 0.15) is 34.9 Å². The molecule has 0 aliphatic heterocycles. The summed E-state index contributed by atoms with van der Waals surface area (Å²) in [6, 6.07) is 14.1. The van der Waals surface area contributed by atoms with Crippen molar-refractivity contribution in [2.45, 2.75) is 18.8 Å². The van der Waals surface area contributed by atoms with Gasteiger partial charge in [-0.05, 0) is 43.2 Å². The molecule has 0 atom stereocenters. The molecule has 1 saturated carbocycles. The summed E-state index contributed by atoms with van der Waals surface area (Å²) in [4.78, 5) is 23.3. The molecule has 10 heteroatoms. The van der Waals surface area contributed by atoms with E-state index in [2.05, 4.69) is 36.9 Å². The highest BCUT2D eigenvalue weighted by atomic mass is 79.9. The van der Waals surface area contributed by atoms with Gasteiger partial charge in [0.1, 0.15) is 5.69 Å². The van der Waals surface area contributed by atoms with E-state index < -0.39 is 4.92 Å². The summed E-state index contributed by atoms with van der Waals surface area (Å²) < 4.78 is 2.69. The van der Waals surface area contributed by atoms with Gasteiger partial charge in [0.2, 0.25) is 0 Å². The Morgan fingerprint density at radius 2 is 1.90 bits per heavy atom. The van der Waals surface area contributed by atoms with Crippen LogP contribution < -0.4 is 10.6 Å². The van der Waals surface area contributed by atoms with Crippen LogP contribution in [0.5, 0.6) is 0 Å². The third-order valence-electron chi connectivity index (χ3n) is 4.78. The van der Waals surface area contributed by atoms with E-state index in [1.54, 1.807) is 22.9 Å². The van der Waals surface area contributed by atoms with Crippen LogP contribution >= 0.6 is 15.9 Å². The molecule has 9 nitrogen and oxygen atoms in total.